The average Bonchev–Trinajstić information content (AvgIpc) is 2.56. The minimum Gasteiger partial charge on any atom is -0.480 e. The van der Waals surface area contributed by atoms with E-state index in [-0.39, 0.29) is 0 Å². The number of thioether (sulfide) groups is 1. The van der Waals surface area contributed by atoms with Gasteiger partial charge in [-0.2, -0.15) is 11.8 Å². The molecular weight excluding hydrogens is 190 g/mol. The molecule has 0 saturated carbocycles. The smallest absolute Gasteiger partial charge is 0.321 e. The van der Waals surface area contributed by atoms with Crippen LogP contribution in [-0.2, 0) is 9.53 Å². The lowest BCUT2D eigenvalue weighted by Gasteiger charge is -2.10. The van der Waals surface area contributed by atoms with Gasteiger partial charge < -0.3 is 15.6 Å². The fraction of sp³-hybridized carbons (Fsp3) is 0.875. The molecule has 0 aliphatic carbocycles. The monoisotopic (exact) mass is 205 g/mol. The molecule has 1 aliphatic rings. The summed E-state index contributed by atoms with van der Waals surface area (Å²) in [5, 5.41) is 8.50. The number of ether oxygens (including phenoxy) is 1. The molecule has 1 heterocycles. The van der Waals surface area contributed by atoms with Crippen LogP contribution in [0.3, 0.4) is 0 Å². The van der Waals surface area contributed by atoms with Crippen molar-refractivity contribution in [2.24, 2.45) is 5.73 Å². The lowest BCUT2D eigenvalue weighted by molar-refractivity contribution is -0.137. The van der Waals surface area contributed by atoms with Gasteiger partial charge in [0, 0.05) is 18.1 Å². The Kier molecular flexibility index (Phi) is 4.55. The van der Waals surface area contributed by atoms with E-state index in [0.717, 1.165) is 25.2 Å². The maximum absolute atomic E-state index is 10.4. The first-order valence-corrected chi connectivity index (χ1v) is 5.53. The van der Waals surface area contributed by atoms with Crippen LogP contribution in [0.2, 0.25) is 0 Å². The molecule has 0 radical (unpaired) electrons. The maximum atomic E-state index is 10.4. The van der Waals surface area contributed by atoms with Gasteiger partial charge in [-0.3, -0.25) is 4.79 Å². The van der Waals surface area contributed by atoms with Crippen LogP contribution in [0.4, 0.5) is 0 Å². The molecule has 5 heteroatoms. The molecule has 76 valence electrons. The Morgan fingerprint density at radius 3 is 3.08 bits per heavy atom. The third-order valence-corrected chi connectivity index (χ3v) is 3.14. The lowest BCUT2D eigenvalue weighted by atomic mass is 10.3. The van der Waals surface area contributed by atoms with Crippen molar-refractivity contribution in [2.45, 2.75) is 25.0 Å². The molecule has 0 aromatic rings. The Morgan fingerprint density at radius 1 is 1.77 bits per heavy atom. The zero-order valence-corrected chi connectivity index (χ0v) is 8.26. The third-order valence-electron chi connectivity index (χ3n) is 1.94. The molecule has 1 aliphatic heterocycles. The molecule has 1 fully saturated rings. The van der Waals surface area contributed by atoms with Crippen molar-refractivity contribution in [1.82, 2.24) is 0 Å². The molecule has 0 amide bonds. The molecule has 0 aromatic heterocycles. The van der Waals surface area contributed by atoms with Gasteiger partial charge in [0.15, 0.2) is 0 Å². The molecule has 2 atom stereocenters. The van der Waals surface area contributed by atoms with Crippen LogP contribution in [-0.4, -0.2) is 41.3 Å². The van der Waals surface area contributed by atoms with Gasteiger partial charge in [-0.05, 0) is 12.8 Å². The minimum absolute atomic E-state index is 0.311. The van der Waals surface area contributed by atoms with Gasteiger partial charge >= 0.3 is 5.97 Å². The van der Waals surface area contributed by atoms with Gasteiger partial charge in [0.2, 0.25) is 0 Å². The van der Waals surface area contributed by atoms with E-state index in [9.17, 15) is 4.79 Å². The Bertz CT molecular complexity index is 171. The van der Waals surface area contributed by atoms with Gasteiger partial charge in [-0.1, -0.05) is 0 Å². The highest BCUT2D eigenvalue weighted by molar-refractivity contribution is 7.99. The van der Waals surface area contributed by atoms with Crippen molar-refractivity contribution >= 4 is 17.7 Å². The van der Waals surface area contributed by atoms with Crippen LogP contribution in [0, 0.1) is 0 Å². The van der Waals surface area contributed by atoms with Crippen molar-refractivity contribution < 1.29 is 14.6 Å². The number of hydrogen-bond acceptors (Lipinski definition) is 4. The molecule has 1 saturated heterocycles. The van der Waals surface area contributed by atoms with Crippen LogP contribution in [0.15, 0.2) is 0 Å². The van der Waals surface area contributed by atoms with Crippen molar-refractivity contribution in [2.75, 3.05) is 18.1 Å². The fourth-order valence-electron chi connectivity index (χ4n) is 1.17. The SMILES string of the molecule is NC(CSCC1CCCO1)C(=O)O. The molecule has 0 bridgehead atoms. The normalized spacial score (nSPS) is 24.5. The first kappa shape index (κ1) is 10.8. The highest BCUT2D eigenvalue weighted by atomic mass is 32.2. The van der Waals surface area contributed by atoms with Gasteiger partial charge in [-0.25, -0.2) is 0 Å². The van der Waals surface area contributed by atoms with Gasteiger partial charge in [-0.15, -0.1) is 0 Å². The molecular formula is C8H15NO3S. The topological polar surface area (TPSA) is 72.5 Å². The predicted octanol–water partition coefficient (Wildman–Crippen LogP) is 0.311. The first-order valence-electron chi connectivity index (χ1n) is 4.38. The molecule has 0 spiro atoms. The summed E-state index contributed by atoms with van der Waals surface area (Å²) in [5.74, 6) is 0.399. The van der Waals surface area contributed by atoms with Crippen LogP contribution in [0.25, 0.3) is 0 Å². The average molecular weight is 205 g/mol. The summed E-state index contributed by atoms with van der Waals surface area (Å²) in [5.41, 5.74) is 5.34. The van der Waals surface area contributed by atoms with E-state index in [0.29, 0.717) is 11.9 Å². The molecule has 3 N–H and O–H groups in total. The van der Waals surface area contributed by atoms with Crippen molar-refractivity contribution in [1.29, 1.82) is 0 Å². The highest BCUT2D eigenvalue weighted by Crippen LogP contribution is 2.17. The van der Waals surface area contributed by atoms with Gasteiger partial charge in [0.25, 0.3) is 0 Å². The van der Waals surface area contributed by atoms with Gasteiger partial charge in [0.05, 0.1) is 6.10 Å². The second-order valence-electron chi connectivity index (χ2n) is 3.12. The lowest BCUT2D eigenvalue weighted by Crippen LogP contribution is -2.32. The summed E-state index contributed by atoms with van der Waals surface area (Å²) in [6.45, 7) is 0.843. The standard InChI is InChI=1S/C8H15NO3S/c9-7(8(10)11)5-13-4-6-2-1-3-12-6/h6-7H,1-5,9H2,(H,10,11). The minimum atomic E-state index is -0.931. The Morgan fingerprint density at radius 2 is 2.54 bits per heavy atom. The number of carbonyl (C=O) groups is 1. The maximum Gasteiger partial charge on any atom is 0.321 e. The summed E-state index contributed by atoms with van der Waals surface area (Å²) in [6, 6.07) is -0.744. The van der Waals surface area contributed by atoms with E-state index < -0.39 is 12.0 Å². The van der Waals surface area contributed by atoms with Crippen LogP contribution in [0.1, 0.15) is 12.8 Å². The zero-order chi connectivity index (χ0) is 9.68. The van der Waals surface area contributed by atoms with E-state index in [1.165, 1.54) is 0 Å². The number of rotatable bonds is 5. The number of carboxylic acids is 1. The van der Waals surface area contributed by atoms with E-state index in [4.69, 9.17) is 15.6 Å². The second-order valence-corrected chi connectivity index (χ2v) is 4.19. The summed E-state index contributed by atoms with van der Waals surface area (Å²) >= 11 is 1.56. The van der Waals surface area contributed by atoms with Crippen molar-refractivity contribution in [3.63, 3.8) is 0 Å². The fourth-order valence-corrected chi connectivity index (χ4v) is 2.23. The Balaban J connectivity index is 2.02. The number of hydrogen-bond donors (Lipinski definition) is 2. The van der Waals surface area contributed by atoms with E-state index >= 15 is 0 Å². The third kappa shape index (κ3) is 3.97. The largest absolute Gasteiger partial charge is 0.480 e. The van der Waals surface area contributed by atoms with E-state index in [2.05, 4.69) is 0 Å². The summed E-state index contributed by atoms with van der Waals surface area (Å²) < 4.78 is 5.39. The number of carboxylic acid groups (broad SMARTS) is 1. The first-order chi connectivity index (χ1) is 6.20. The molecule has 2 unspecified atom stereocenters. The molecule has 4 nitrogen and oxygen atoms in total. The summed E-state index contributed by atoms with van der Waals surface area (Å²) in [6.07, 6.45) is 2.52. The zero-order valence-electron chi connectivity index (χ0n) is 7.44. The van der Waals surface area contributed by atoms with Crippen LogP contribution >= 0.6 is 11.8 Å². The van der Waals surface area contributed by atoms with Crippen molar-refractivity contribution in [3.8, 4) is 0 Å². The van der Waals surface area contributed by atoms with Gasteiger partial charge in [0.1, 0.15) is 6.04 Å². The van der Waals surface area contributed by atoms with Crippen LogP contribution in [0.5, 0.6) is 0 Å². The summed E-state index contributed by atoms with van der Waals surface area (Å²) in [7, 11) is 0. The van der Waals surface area contributed by atoms with Crippen molar-refractivity contribution in [3.05, 3.63) is 0 Å². The molecule has 13 heavy (non-hydrogen) atoms. The predicted molar refractivity (Wildman–Crippen MR) is 51.9 cm³/mol. The van der Waals surface area contributed by atoms with Crippen LogP contribution < -0.4 is 5.73 Å². The number of aliphatic carboxylic acids is 1. The quantitative estimate of drug-likeness (QED) is 0.676. The van der Waals surface area contributed by atoms with E-state index in [1.54, 1.807) is 11.8 Å². The molecule has 0 aromatic carbocycles. The second kappa shape index (κ2) is 5.47. The molecule has 1 rings (SSSR count). The Hall–Kier alpha value is -0.260. The Labute approximate surface area is 81.8 Å². The van der Waals surface area contributed by atoms with E-state index in [1.807, 2.05) is 0 Å². The highest BCUT2D eigenvalue weighted by Gasteiger charge is 2.17. The summed E-state index contributed by atoms with van der Waals surface area (Å²) in [4.78, 5) is 10.4. The number of nitrogens with two attached hydrogens (primary N) is 1.